The van der Waals surface area contributed by atoms with Crippen molar-refractivity contribution in [3.63, 3.8) is 0 Å². The summed E-state index contributed by atoms with van der Waals surface area (Å²) in [7, 11) is 0. The van der Waals surface area contributed by atoms with Gasteiger partial charge in [0, 0.05) is 0 Å². The third-order valence-electron chi connectivity index (χ3n) is 2.10. The fourth-order valence-corrected chi connectivity index (χ4v) is 1.05. The summed E-state index contributed by atoms with van der Waals surface area (Å²) in [5.41, 5.74) is -6.99. The van der Waals surface area contributed by atoms with Crippen LogP contribution in [0.1, 0.15) is 0 Å². The molecule has 0 rings (SSSR count). The molecule has 21 heavy (non-hydrogen) atoms. The summed E-state index contributed by atoms with van der Waals surface area (Å²) in [5.74, 6) is -16.0. The lowest BCUT2D eigenvalue weighted by Crippen LogP contribution is -2.66. The molecule has 0 fully saturated rings. The first-order valence-electron chi connectivity index (χ1n) is 4.42. The Morgan fingerprint density at radius 1 is 0.905 bits per heavy atom. The fraction of sp³-hybridized carbons (Fsp3) is 0.500. The standard InChI is InChI=1S/C8H5F10NO2/c1-3(9)5(11,12)7(15,8(16,17)18)6(13,14)4(10)2-20-21-19/h2H,1,19H2/b4-2-. The molecular formula is C8H5F10NO2. The average Bonchev–Trinajstić information content (AvgIpc) is 2.32. The Kier molecular flexibility index (Phi) is 5.30. The van der Waals surface area contributed by atoms with Crippen LogP contribution in [0.2, 0.25) is 0 Å². The molecule has 0 bridgehead atoms. The summed E-state index contributed by atoms with van der Waals surface area (Å²) in [4.78, 5) is 6.13. The Hall–Kier alpha value is -1.50. The van der Waals surface area contributed by atoms with Crippen molar-refractivity contribution >= 4 is 0 Å². The number of hydrogen-bond donors (Lipinski definition) is 1. The van der Waals surface area contributed by atoms with Crippen LogP contribution in [-0.2, 0) is 9.88 Å². The van der Waals surface area contributed by atoms with Gasteiger partial charge in [-0.2, -0.15) is 36.6 Å². The van der Waals surface area contributed by atoms with Crippen LogP contribution in [-0.4, -0.2) is 23.7 Å². The molecule has 13 heteroatoms. The second kappa shape index (κ2) is 5.71. The number of alkyl halides is 8. The van der Waals surface area contributed by atoms with Crippen molar-refractivity contribution in [2.75, 3.05) is 0 Å². The largest absolute Gasteiger partial charge is 0.435 e. The van der Waals surface area contributed by atoms with Gasteiger partial charge in [-0.25, -0.2) is 13.2 Å². The van der Waals surface area contributed by atoms with Gasteiger partial charge in [-0.15, -0.1) is 0 Å². The summed E-state index contributed by atoms with van der Waals surface area (Å²) >= 11 is 0. The third kappa shape index (κ3) is 2.92. The SMILES string of the molecule is C=C(F)C(F)(F)C(F)(C(F)(F)F)C(F)(F)/C(F)=C/OON. The van der Waals surface area contributed by atoms with Crippen molar-refractivity contribution in [3.8, 4) is 0 Å². The molecule has 1 atom stereocenters. The van der Waals surface area contributed by atoms with Crippen LogP contribution < -0.4 is 5.90 Å². The molecular weight excluding hydrogens is 332 g/mol. The topological polar surface area (TPSA) is 44.5 Å². The van der Waals surface area contributed by atoms with Gasteiger partial charge in [0.25, 0.3) is 0 Å². The van der Waals surface area contributed by atoms with Gasteiger partial charge in [0.15, 0.2) is 12.1 Å². The monoisotopic (exact) mass is 337 g/mol. The smallest absolute Gasteiger partial charge is 0.325 e. The highest BCUT2D eigenvalue weighted by atomic mass is 19.4. The number of nitrogens with two attached hydrogens (primary N) is 1. The van der Waals surface area contributed by atoms with Gasteiger partial charge in [-0.3, -0.25) is 0 Å². The minimum Gasteiger partial charge on any atom is -0.325 e. The van der Waals surface area contributed by atoms with E-state index in [4.69, 9.17) is 0 Å². The molecule has 0 radical (unpaired) electrons. The highest BCUT2D eigenvalue weighted by Crippen LogP contribution is 2.58. The quantitative estimate of drug-likeness (QED) is 0.348. The second-order valence-corrected chi connectivity index (χ2v) is 3.37. The maximum Gasteiger partial charge on any atom is 0.435 e. The van der Waals surface area contributed by atoms with E-state index < -0.39 is 41.6 Å². The molecule has 124 valence electrons. The summed E-state index contributed by atoms with van der Waals surface area (Å²) in [6, 6.07) is 0. The van der Waals surface area contributed by atoms with E-state index in [0.29, 0.717) is 0 Å². The van der Waals surface area contributed by atoms with Crippen LogP contribution >= 0.6 is 0 Å². The molecule has 0 saturated heterocycles. The predicted octanol–water partition coefficient (Wildman–Crippen LogP) is 3.64. The number of halogens is 10. The molecule has 0 spiro atoms. The lowest BCUT2D eigenvalue weighted by atomic mass is 9.88. The molecule has 0 aliphatic carbocycles. The summed E-state index contributed by atoms with van der Waals surface area (Å²) in [6.45, 7) is 1.63. The van der Waals surface area contributed by atoms with Crippen LogP contribution in [0.4, 0.5) is 43.9 Å². The van der Waals surface area contributed by atoms with Crippen molar-refractivity contribution in [2.24, 2.45) is 5.90 Å². The molecule has 0 amide bonds. The summed E-state index contributed by atoms with van der Waals surface area (Å²) in [6.07, 6.45) is -8.11. The molecule has 0 heterocycles. The first kappa shape index (κ1) is 19.5. The molecule has 2 N–H and O–H groups in total. The number of hydrogen-bond acceptors (Lipinski definition) is 3. The van der Waals surface area contributed by atoms with Crippen molar-refractivity contribution in [3.05, 3.63) is 24.5 Å². The second-order valence-electron chi connectivity index (χ2n) is 3.37. The maximum atomic E-state index is 13.4. The van der Waals surface area contributed by atoms with E-state index in [1.807, 2.05) is 0 Å². The number of allylic oxidation sites excluding steroid dienone is 2. The zero-order valence-corrected chi connectivity index (χ0v) is 9.46. The van der Waals surface area contributed by atoms with Gasteiger partial charge < -0.3 is 4.89 Å². The zero-order chi connectivity index (χ0) is 17.3. The Morgan fingerprint density at radius 3 is 1.62 bits per heavy atom. The van der Waals surface area contributed by atoms with Crippen LogP contribution in [0.3, 0.4) is 0 Å². The van der Waals surface area contributed by atoms with E-state index in [1.165, 1.54) is 0 Å². The first-order valence-corrected chi connectivity index (χ1v) is 4.42. The molecule has 0 aromatic heterocycles. The van der Waals surface area contributed by atoms with Crippen LogP contribution in [0.25, 0.3) is 0 Å². The van der Waals surface area contributed by atoms with Gasteiger partial charge in [-0.1, -0.05) is 11.6 Å². The highest BCUT2D eigenvalue weighted by Gasteiger charge is 2.85. The lowest BCUT2D eigenvalue weighted by Gasteiger charge is -2.38. The molecule has 0 aromatic rings. The Labute approximate surface area is 109 Å². The van der Waals surface area contributed by atoms with Gasteiger partial charge in [0.05, 0.1) is 0 Å². The van der Waals surface area contributed by atoms with E-state index in [-0.39, 0.29) is 0 Å². The molecule has 3 nitrogen and oxygen atoms in total. The van der Waals surface area contributed by atoms with Crippen molar-refractivity contribution in [2.45, 2.75) is 23.7 Å². The molecule has 0 aliphatic heterocycles. The van der Waals surface area contributed by atoms with E-state index in [2.05, 4.69) is 15.8 Å². The van der Waals surface area contributed by atoms with Crippen molar-refractivity contribution in [1.29, 1.82) is 0 Å². The Bertz CT molecular complexity index is 431. The normalized spacial score (nSPS) is 17.4. The molecule has 0 aromatic carbocycles. The first-order chi connectivity index (χ1) is 9.17. The summed E-state index contributed by atoms with van der Waals surface area (Å²) < 4.78 is 128. The van der Waals surface area contributed by atoms with E-state index in [0.717, 1.165) is 0 Å². The van der Waals surface area contributed by atoms with Gasteiger partial charge >= 0.3 is 23.7 Å². The molecule has 0 aliphatic rings. The average molecular weight is 337 g/mol. The van der Waals surface area contributed by atoms with Gasteiger partial charge in [-0.05, 0) is 0 Å². The van der Waals surface area contributed by atoms with Crippen LogP contribution in [0.5, 0.6) is 0 Å². The number of rotatable bonds is 6. The predicted molar refractivity (Wildman–Crippen MR) is 45.6 cm³/mol. The third-order valence-corrected chi connectivity index (χ3v) is 2.10. The van der Waals surface area contributed by atoms with Crippen LogP contribution in [0.15, 0.2) is 24.5 Å². The Morgan fingerprint density at radius 2 is 1.33 bits per heavy atom. The van der Waals surface area contributed by atoms with Gasteiger partial charge in [0.2, 0.25) is 5.83 Å². The van der Waals surface area contributed by atoms with Gasteiger partial charge in [0.1, 0.15) is 0 Å². The van der Waals surface area contributed by atoms with E-state index >= 15 is 0 Å². The fourth-order valence-electron chi connectivity index (χ4n) is 1.05. The zero-order valence-electron chi connectivity index (χ0n) is 9.46. The van der Waals surface area contributed by atoms with Crippen molar-refractivity contribution in [1.82, 2.24) is 0 Å². The maximum absolute atomic E-state index is 13.4. The minimum absolute atomic E-state index is 1.02. The Balaban J connectivity index is 6.26. The summed E-state index contributed by atoms with van der Waals surface area (Å²) in [5, 5.41) is 0. The van der Waals surface area contributed by atoms with E-state index in [1.54, 1.807) is 6.58 Å². The van der Waals surface area contributed by atoms with E-state index in [9.17, 15) is 43.9 Å². The van der Waals surface area contributed by atoms with Crippen LogP contribution in [0, 0.1) is 0 Å². The van der Waals surface area contributed by atoms with Crippen molar-refractivity contribution < 1.29 is 53.8 Å². The highest BCUT2D eigenvalue weighted by molar-refractivity contribution is 5.25. The lowest BCUT2D eigenvalue weighted by molar-refractivity contribution is -0.355. The molecule has 1 unspecified atom stereocenters. The minimum atomic E-state index is -7.09. The molecule has 0 saturated carbocycles.